The first kappa shape index (κ1) is 19.2. The minimum Gasteiger partial charge on any atom is -0.338 e. The summed E-state index contributed by atoms with van der Waals surface area (Å²) >= 11 is 5.98. The molecule has 3 aromatic rings. The van der Waals surface area contributed by atoms with E-state index in [1.54, 1.807) is 18.3 Å². The van der Waals surface area contributed by atoms with Crippen molar-refractivity contribution in [3.63, 3.8) is 0 Å². The number of rotatable bonds is 4. The van der Waals surface area contributed by atoms with Gasteiger partial charge in [-0.1, -0.05) is 11.6 Å². The van der Waals surface area contributed by atoms with Gasteiger partial charge in [-0.25, -0.2) is 0 Å². The summed E-state index contributed by atoms with van der Waals surface area (Å²) in [7, 11) is 0. The minimum atomic E-state index is -0.196. The fourth-order valence-electron chi connectivity index (χ4n) is 4.71. The van der Waals surface area contributed by atoms with Gasteiger partial charge in [0.25, 0.3) is 5.56 Å². The molecule has 3 heterocycles. The van der Waals surface area contributed by atoms with E-state index in [4.69, 9.17) is 16.7 Å². The van der Waals surface area contributed by atoms with Crippen LogP contribution < -0.4 is 10.9 Å². The molecule has 5 rings (SSSR count). The predicted octanol–water partition coefficient (Wildman–Crippen LogP) is 4.06. The third-order valence-corrected chi connectivity index (χ3v) is 6.66. The number of nitrogens with one attached hydrogen (secondary N) is 2. The SMILES string of the molecule is N#CC1CC(N2CCC2)CCC1n1nc(Nc2ccc(Cl)cc2)c2c(=O)[nH]ccc21. The fraction of sp³-hybridized carbons (Fsp3) is 0.409. The van der Waals surface area contributed by atoms with Gasteiger partial charge in [-0.3, -0.25) is 9.48 Å². The average molecular weight is 423 g/mol. The van der Waals surface area contributed by atoms with Gasteiger partial charge in [-0.2, -0.15) is 10.4 Å². The van der Waals surface area contributed by atoms with Gasteiger partial charge in [0, 0.05) is 22.9 Å². The van der Waals surface area contributed by atoms with E-state index in [-0.39, 0.29) is 17.5 Å². The Morgan fingerprint density at radius 3 is 2.70 bits per heavy atom. The lowest BCUT2D eigenvalue weighted by atomic mass is 9.81. The summed E-state index contributed by atoms with van der Waals surface area (Å²) in [5.74, 6) is 0.367. The zero-order valence-electron chi connectivity index (χ0n) is 16.5. The van der Waals surface area contributed by atoms with E-state index in [1.165, 1.54) is 6.42 Å². The normalized spacial score (nSPS) is 24.3. The molecule has 3 atom stereocenters. The van der Waals surface area contributed by atoms with E-state index in [1.807, 2.05) is 22.9 Å². The first-order valence-electron chi connectivity index (χ1n) is 10.4. The Balaban J connectivity index is 1.51. The largest absolute Gasteiger partial charge is 0.338 e. The van der Waals surface area contributed by atoms with Crippen molar-refractivity contribution in [2.45, 2.75) is 37.8 Å². The summed E-state index contributed by atoms with van der Waals surface area (Å²) in [5, 5.41) is 19.1. The third-order valence-electron chi connectivity index (χ3n) is 6.41. The quantitative estimate of drug-likeness (QED) is 0.661. The highest BCUT2D eigenvalue weighted by molar-refractivity contribution is 6.30. The maximum absolute atomic E-state index is 12.6. The highest BCUT2D eigenvalue weighted by atomic mass is 35.5. The van der Waals surface area contributed by atoms with Crippen LogP contribution in [0.4, 0.5) is 11.5 Å². The fourth-order valence-corrected chi connectivity index (χ4v) is 4.84. The van der Waals surface area contributed by atoms with Gasteiger partial charge in [-0.15, -0.1) is 0 Å². The van der Waals surface area contributed by atoms with Crippen LogP contribution in [0.3, 0.4) is 0 Å². The zero-order valence-corrected chi connectivity index (χ0v) is 17.3. The number of hydrogen-bond donors (Lipinski definition) is 2. The van der Waals surface area contributed by atoms with Crippen LogP contribution in [0, 0.1) is 17.2 Å². The molecule has 30 heavy (non-hydrogen) atoms. The standard InChI is InChI=1S/C22H23ClN6O/c23-15-2-4-16(5-3-15)26-21-20-19(8-9-25-22(20)30)29(27-21)18-7-6-17(12-14(18)13-24)28-10-1-11-28/h2-5,8-9,14,17-18H,1,6-7,10-12H2,(H,25,30)(H,26,27). The molecule has 2 aromatic heterocycles. The molecule has 1 aliphatic carbocycles. The number of benzene rings is 1. The van der Waals surface area contributed by atoms with Crippen LogP contribution in [0.25, 0.3) is 10.9 Å². The molecule has 2 N–H and O–H groups in total. The molecule has 2 aliphatic rings. The molecule has 0 amide bonds. The monoisotopic (exact) mass is 422 g/mol. The summed E-state index contributed by atoms with van der Waals surface area (Å²) in [6.07, 6.45) is 5.67. The van der Waals surface area contributed by atoms with Crippen molar-refractivity contribution in [2.24, 2.45) is 5.92 Å². The summed E-state index contributed by atoms with van der Waals surface area (Å²) in [4.78, 5) is 17.9. The topological polar surface area (TPSA) is 89.7 Å². The third kappa shape index (κ3) is 3.36. The molecule has 154 valence electrons. The first-order valence-corrected chi connectivity index (χ1v) is 10.8. The number of pyridine rings is 1. The molecule has 3 unspecified atom stereocenters. The average Bonchev–Trinajstić information content (AvgIpc) is 3.08. The smallest absolute Gasteiger partial charge is 0.261 e. The molecule has 0 bridgehead atoms. The van der Waals surface area contributed by atoms with Crippen molar-refractivity contribution in [1.82, 2.24) is 19.7 Å². The summed E-state index contributed by atoms with van der Waals surface area (Å²) in [6, 6.07) is 12.1. The number of H-pyrrole nitrogens is 1. The number of nitrogens with zero attached hydrogens (tertiary/aromatic N) is 4. The molecule has 1 aromatic carbocycles. The van der Waals surface area contributed by atoms with Gasteiger partial charge in [-0.05, 0) is 69.1 Å². The summed E-state index contributed by atoms with van der Waals surface area (Å²) in [5.41, 5.74) is 1.35. The minimum absolute atomic E-state index is 0.0439. The maximum atomic E-state index is 12.6. The van der Waals surface area contributed by atoms with Crippen LogP contribution in [0.5, 0.6) is 0 Å². The number of likely N-dealkylation sites (tertiary alicyclic amines) is 1. The van der Waals surface area contributed by atoms with Crippen LogP contribution in [-0.2, 0) is 0 Å². The van der Waals surface area contributed by atoms with Gasteiger partial charge >= 0.3 is 0 Å². The lowest BCUT2D eigenvalue weighted by molar-refractivity contribution is 0.0657. The highest BCUT2D eigenvalue weighted by Gasteiger charge is 2.37. The van der Waals surface area contributed by atoms with Gasteiger partial charge in [0.05, 0.1) is 23.5 Å². The molecular formula is C22H23ClN6O. The van der Waals surface area contributed by atoms with Crippen LogP contribution in [0.2, 0.25) is 5.02 Å². The molecular weight excluding hydrogens is 400 g/mol. The van der Waals surface area contributed by atoms with E-state index in [0.717, 1.165) is 43.6 Å². The predicted molar refractivity (Wildman–Crippen MR) is 117 cm³/mol. The van der Waals surface area contributed by atoms with Crippen LogP contribution in [0.15, 0.2) is 41.3 Å². The number of halogens is 1. The number of aromatic nitrogens is 3. The Morgan fingerprint density at radius 1 is 1.20 bits per heavy atom. The van der Waals surface area contributed by atoms with Gasteiger partial charge in [0.1, 0.15) is 5.39 Å². The first-order chi connectivity index (χ1) is 14.6. The maximum Gasteiger partial charge on any atom is 0.261 e. The number of aromatic amines is 1. The van der Waals surface area contributed by atoms with E-state index < -0.39 is 0 Å². The number of fused-ring (bicyclic) bond motifs is 1. The molecule has 2 fully saturated rings. The van der Waals surface area contributed by atoms with Crippen molar-refractivity contribution in [2.75, 3.05) is 18.4 Å². The van der Waals surface area contributed by atoms with E-state index in [9.17, 15) is 10.1 Å². The Labute approximate surface area is 179 Å². The Hall–Kier alpha value is -2.82. The second-order valence-electron chi connectivity index (χ2n) is 8.15. The van der Waals surface area contributed by atoms with Gasteiger partial charge in [0.2, 0.25) is 0 Å². The summed E-state index contributed by atoms with van der Waals surface area (Å²) < 4.78 is 1.89. The molecule has 1 aliphatic heterocycles. The molecule has 8 heteroatoms. The van der Waals surface area contributed by atoms with Gasteiger partial charge < -0.3 is 15.2 Å². The van der Waals surface area contributed by atoms with Crippen molar-refractivity contribution in [3.05, 3.63) is 51.9 Å². The number of hydrogen-bond acceptors (Lipinski definition) is 5. The second-order valence-corrected chi connectivity index (χ2v) is 8.59. The van der Waals surface area contributed by atoms with Crippen molar-refractivity contribution >= 4 is 34.0 Å². The van der Waals surface area contributed by atoms with Crippen molar-refractivity contribution in [1.29, 1.82) is 5.26 Å². The molecule has 7 nitrogen and oxygen atoms in total. The Morgan fingerprint density at radius 2 is 2.00 bits per heavy atom. The van der Waals surface area contributed by atoms with Gasteiger partial charge in [0.15, 0.2) is 5.82 Å². The Kier molecular flexibility index (Phi) is 4.97. The number of nitriles is 1. The zero-order chi connectivity index (χ0) is 20.7. The second kappa shape index (κ2) is 7.78. The lowest BCUT2D eigenvalue weighted by Crippen LogP contribution is -2.48. The van der Waals surface area contributed by atoms with E-state index in [2.05, 4.69) is 21.3 Å². The van der Waals surface area contributed by atoms with Crippen LogP contribution >= 0.6 is 11.6 Å². The molecule has 0 radical (unpaired) electrons. The van der Waals surface area contributed by atoms with E-state index in [0.29, 0.717) is 22.3 Å². The molecule has 1 saturated carbocycles. The van der Waals surface area contributed by atoms with Crippen molar-refractivity contribution in [3.8, 4) is 6.07 Å². The molecule has 0 spiro atoms. The van der Waals surface area contributed by atoms with E-state index >= 15 is 0 Å². The lowest BCUT2D eigenvalue weighted by Gasteiger charge is -2.43. The van der Waals surface area contributed by atoms with Crippen molar-refractivity contribution < 1.29 is 0 Å². The highest BCUT2D eigenvalue weighted by Crippen LogP contribution is 2.39. The van der Waals surface area contributed by atoms with Crippen LogP contribution in [0.1, 0.15) is 31.7 Å². The molecule has 1 saturated heterocycles. The van der Waals surface area contributed by atoms with Crippen LogP contribution in [-0.4, -0.2) is 38.8 Å². The summed E-state index contributed by atoms with van der Waals surface area (Å²) in [6.45, 7) is 2.28. The Bertz CT molecular complexity index is 1160. The number of anilines is 2.